The van der Waals surface area contributed by atoms with Gasteiger partial charge in [0.15, 0.2) is 0 Å². The fourth-order valence-electron chi connectivity index (χ4n) is 8.68. The number of hydrogen-bond donors (Lipinski definition) is 2. The molecule has 3 aromatic carbocycles. The molecule has 0 fully saturated rings. The highest BCUT2D eigenvalue weighted by Crippen LogP contribution is 2.47. The molecule has 2 heteroatoms. The van der Waals surface area contributed by atoms with Gasteiger partial charge in [0.25, 0.3) is 0 Å². The van der Waals surface area contributed by atoms with Crippen LogP contribution in [0.15, 0.2) is 211 Å². The molecule has 0 heterocycles. The zero-order chi connectivity index (χ0) is 53.1. The predicted molar refractivity (Wildman–Crippen MR) is 320 cm³/mol. The fourth-order valence-corrected chi connectivity index (χ4v) is 8.68. The van der Waals surface area contributed by atoms with Gasteiger partial charge in [0.2, 0.25) is 0 Å². The van der Waals surface area contributed by atoms with E-state index in [-0.39, 0.29) is 21.7 Å². The van der Waals surface area contributed by atoms with Crippen LogP contribution in [0.2, 0.25) is 0 Å². The third kappa shape index (κ3) is 14.0. The highest BCUT2D eigenvalue weighted by molar-refractivity contribution is 5.88. The van der Waals surface area contributed by atoms with Crippen molar-refractivity contribution in [3.8, 4) is 0 Å². The average molecular weight is 943 g/mol. The second kappa shape index (κ2) is 24.0. The molecule has 0 amide bonds. The number of benzene rings is 3. The van der Waals surface area contributed by atoms with E-state index in [0.29, 0.717) is 0 Å². The van der Waals surface area contributed by atoms with Crippen molar-refractivity contribution in [2.45, 2.75) is 109 Å². The lowest BCUT2D eigenvalue weighted by Gasteiger charge is -2.29. The lowest BCUT2D eigenvalue weighted by Crippen LogP contribution is -2.17. The first-order valence-electron chi connectivity index (χ1n) is 25.4. The van der Waals surface area contributed by atoms with E-state index >= 15 is 0 Å². The maximum atomic E-state index is 4.44. The van der Waals surface area contributed by atoms with Crippen LogP contribution in [0.25, 0.3) is 34.4 Å². The molecule has 0 spiro atoms. The van der Waals surface area contributed by atoms with Crippen LogP contribution < -0.4 is 10.6 Å². The van der Waals surface area contributed by atoms with Crippen molar-refractivity contribution in [3.63, 3.8) is 0 Å². The molecule has 2 N–H and O–H groups in total. The normalized spacial score (nSPS) is 19.2. The molecule has 0 atom stereocenters. The Kier molecular flexibility index (Phi) is 19.2. The third-order valence-electron chi connectivity index (χ3n) is 14.3. The maximum Gasteiger partial charge on any atom is 0.0337 e. The minimum Gasteiger partial charge on any atom is -0.389 e. The van der Waals surface area contributed by atoms with Gasteiger partial charge in [0.05, 0.1) is 0 Å². The smallest absolute Gasteiger partial charge is 0.0337 e. The first kappa shape index (κ1) is 56.9. The van der Waals surface area contributed by atoms with E-state index in [1.54, 1.807) is 0 Å². The zero-order valence-electron chi connectivity index (χ0n) is 46.6. The molecular weight excluding hydrogens is 857 g/mol. The van der Waals surface area contributed by atoms with Gasteiger partial charge in [-0.05, 0) is 139 Å². The van der Waals surface area contributed by atoms with E-state index in [4.69, 9.17) is 0 Å². The summed E-state index contributed by atoms with van der Waals surface area (Å²) >= 11 is 0. The number of hydrogen-bond acceptors (Lipinski definition) is 2. The number of rotatable bonds is 7. The van der Waals surface area contributed by atoms with E-state index in [1.165, 1.54) is 66.8 Å². The second-order valence-corrected chi connectivity index (χ2v) is 21.7. The van der Waals surface area contributed by atoms with Gasteiger partial charge in [0, 0.05) is 36.3 Å². The summed E-state index contributed by atoms with van der Waals surface area (Å²) in [6.45, 7) is 52.1. The van der Waals surface area contributed by atoms with Gasteiger partial charge < -0.3 is 10.6 Å². The summed E-state index contributed by atoms with van der Waals surface area (Å²) < 4.78 is 0. The summed E-state index contributed by atoms with van der Waals surface area (Å²) in [6.07, 6.45) is 29.2. The summed E-state index contributed by atoms with van der Waals surface area (Å²) in [5.74, 6) is 0. The lowest BCUT2D eigenvalue weighted by molar-refractivity contribution is 0.518. The Morgan fingerprint density at radius 1 is 0.606 bits per heavy atom. The van der Waals surface area contributed by atoms with Gasteiger partial charge in [-0.1, -0.05) is 249 Å². The van der Waals surface area contributed by atoms with Crippen molar-refractivity contribution in [2.75, 3.05) is 14.1 Å². The Morgan fingerprint density at radius 2 is 1.13 bits per heavy atom. The van der Waals surface area contributed by atoms with Crippen LogP contribution in [0.5, 0.6) is 0 Å². The van der Waals surface area contributed by atoms with Crippen LogP contribution >= 0.6 is 0 Å². The number of fused-ring (bicyclic) bond motifs is 3. The monoisotopic (exact) mass is 943 g/mol. The zero-order valence-corrected chi connectivity index (χ0v) is 46.6. The van der Waals surface area contributed by atoms with Gasteiger partial charge in [-0.25, -0.2) is 0 Å². The molecule has 372 valence electrons. The maximum absolute atomic E-state index is 4.44. The van der Waals surface area contributed by atoms with Crippen molar-refractivity contribution in [3.05, 3.63) is 250 Å². The number of allylic oxidation sites excluding steroid dienone is 21. The Labute approximate surface area is 432 Å². The van der Waals surface area contributed by atoms with E-state index in [2.05, 4.69) is 266 Å². The summed E-state index contributed by atoms with van der Waals surface area (Å²) in [5.41, 5.74) is 23.1. The highest BCUT2D eigenvalue weighted by Gasteiger charge is 2.34. The lowest BCUT2D eigenvalue weighted by atomic mass is 9.76. The minimum atomic E-state index is -0.140. The quantitative estimate of drug-likeness (QED) is 0.231. The van der Waals surface area contributed by atoms with Gasteiger partial charge in [-0.2, -0.15) is 0 Å². The molecule has 2 nitrogen and oxygen atoms in total. The van der Waals surface area contributed by atoms with Crippen LogP contribution in [0.3, 0.4) is 0 Å². The predicted octanol–water partition coefficient (Wildman–Crippen LogP) is 19.0. The van der Waals surface area contributed by atoms with E-state index in [1.807, 2.05) is 34.0 Å². The van der Waals surface area contributed by atoms with Crippen LogP contribution in [0.4, 0.5) is 0 Å². The van der Waals surface area contributed by atoms with Gasteiger partial charge >= 0.3 is 0 Å². The van der Waals surface area contributed by atoms with Crippen molar-refractivity contribution < 1.29 is 0 Å². The molecule has 4 aliphatic rings. The molecule has 3 aromatic rings. The molecule has 0 radical (unpaired) electrons. The number of likely N-dealkylation sites (N-methyl/N-ethyl adjacent to an activating group) is 2. The minimum absolute atomic E-state index is 0.0416. The molecule has 0 bridgehead atoms. The van der Waals surface area contributed by atoms with Crippen LogP contribution in [0.1, 0.15) is 142 Å². The second-order valence-electron chi connectivity index (χ2n) is 21.7. The van der Waals surface area contributed by atoms with Gasteiger partial charge in [-0.3, -0.25) is 0 Å². The molecule has 4 aliphatic carbocycles. The Morgan fingerprint density at radius 3 is 1.62 bits per heavy atom. The van der Waals surface area contributed by atoms with Crippen LogP contribution in [0, 0.1) is 16.2 Å². The molecule has 0 aliphatic heterocycles. The van der Waals surface area contributed by atoms with E-state index in [9.17, 15) is 0 Å². The topological polar surface area (TPSA) is 24.1 Å². The Balaban J connectivity index is 0.000000263. The van der Waals surface area contributed by atoms with Crippen molar-refractivity contribution in [2.24, 2.45) is 16.2 Å². The summed E-state index contributed by atoms with van der Waals surface area (Å²) in [5, 5.41) is 6.36. The molecule has 0 unspecified atom stereocenters. The molecule has 0 saturated carbocycles. The molecular formula is C69H86N2. The SMILES string of the molecule is C=C(/C=C\C1=C(C)C(C)(C)c2cc(C(=C)/C=C\C3=C(/C)C(C)(C)C(=C)/C=C(NC)\C=C/C3)ccc21)NC.C=C1C=C(C(C)(C)C)C=Cc2ccccc21.C=C1C=C(C(C)(C)C)C=Cc2ccccc21.CC. The molecule has 71 heavy (non-hydrogen) atoms. The Bertz CT molecular complexity index is 2760. The van der Waals surface area contributed by atoms with Crippen molar-refractivity contribution >= 4 is 34.4 Å². The van der Waals surface area contributed by atoms with Gasteiger partial charge in [0.1, 0.15) is 0 Å². The first-order chi connectivity index (χ1) is 33.3. The van der Waals surface area contributed by atoms with Crippen LogP contribution in [-0.4, -0.2) is 14.1 Å². The van der Waals surface area contributed by atoms with Crippen LogP contribution in [-0.2, 0) is 5.41 Å². The first-order valence-corrected chi connectivity index (χ1v) is 25.4. The van der Waals surface area contributed by atoms with Crippen molar-refractivity contribution in [1.82, 2.24) is 10.6 Å². The van der Waals surface area contributed by atoms with E-state index in [0.717, 1.165) is 45.7 Å². The molecule has 7 rings (SSSR count). The van der Waals surface area contributed by atoms with Crippen molar-refractivity contribution in [1.29, 1.82) is 0 Å². The van der Waals surface area contributed by atoms with E-state index < -0.39 is 0 Å². The Hall–Kier alpha value is -6.64. The largest absolute Gasteiger partial charge is 0.389 e. The fraction of sp³-hybridized carbons (Fsp3) is 0.304. The number of nitrogens with one attached hydrogen (secondary N) is 2. The third-order valence-corrected chi connectivity index (χ3v) is 14.3. The molecule has 0 saturated heterocycles. The van der Waals surface area contributed by atoms with Gasteiger partial charge in [-0.15, -0.1) is 0 Å². The average Bonchev–Trinajstić information content (AvgIpc) is 3.48. The summed E-state index contributed by atoms with van der Waals surface area (Å²) in [7, 11) is 3.85. The summed E-state index contributed by atoms with van der Waals surface area (Å²) in [6, 6.07) is 23.5. The molecule has 0 aromatic heterocycles. The standard InChI is InChI=1S/C35H44N2.2C16H18.C2H6/c1-23(15-17-28-13-12-14-30(37-11)21-24(2)34(6,7)26(28)4)29-18-20-32-31(19-16-25(3)36-10)27(5)35(8,9)33(32)22-29;2*1-12-11-14(16(2,3)4)10-9-13-7-5-6-8-15(12)13;1-2/h12,14-22,36-37H,1-3,13H2,4-11H3;2*5-11H,1H2,2-4H3;1-2H3/b14-12-,17-15-,19-16-,28-26+,30-21+;;;. The summed E-state index contributed by atoms with van der Waals surface area (Å²) in [4.78, 5) is 0. The highest BCUT2D eigenvalue weighted by atomic mass is 14.8.